The van der Waals surface area contributed by atoms with E-state index in [9.17, 15) is 0 Å². The van der Waals surface area contributed by atoms with Crippen molar-refractivity contribution in [1.82, 2.24) is 19.5 Å². The molecule has 0 aliphatic heterocycles. The number of hydrogen-bond acceptors (Lipinski definition) is 4. The number of benzene rings is 1. The highest BCUT2D eigenvalue weighted by Crippen LogP contribution is 2.18. The third kappa shape index (κ3) is 2.91. The number of anilines is 2. The zero-order valence-electron chi connectivity index (χ0n) is 12.1. The molecule has 1 aromatic carbocycles. The summed E-state index contributed by atoms with van der Waals surface area (Å²) < 4.78 is 1.97. The number of rotatable bonds is 4. The number of imidazole rings is 1. The zero-order chi connectivity index (χ0) is 14.7. The van der Waals surface area contributed by atoms with Crippen molar-refractivity contribution in [2.45, 2.75) is 19.8 Å². The predicted octanol–water partition coefficient (Wildman–Crippen LogP) is 3.53. The number of para-hydroxylation sites is 1. The first-order chi connectivity index (χ1) is 10.2. The Bertz CT molecular complexity index is 718. The van der Waals surface area contributed by atoms with E-state index in [2.05, 4.69) is 34.1 Å². The fourth-order valence-electron chi connectivity index (χ4n) is 2.14. The average Bonchev–Trinajstić information content (AvgIpc) is 2.98. The third-order valence-electron chi connectivity index (χ3n) is 3.10. The maximum atomic E-state index is 4.60. The van der Waals surface area contributed by atoms with Crippen molar-refractivity contribution in [3.05, 3.63) is 60.9 Å². The fourth-order valence-corrected chi connectivity index (χ4v) is 2.14. The Balaban J connectivity index is 1.91. The molecule has 0 bridgehead atoms. The Morgan fingerprint density at radius 1 is 1.10 bits per heavy atom. The number of aromatic nitrogens is 4. The smallest absolute Gasteiger partial charge is 0.159 e. The average molecular weight is 279 g/mol. The summed E-state index contributed by atoms with van der Waals surface area (Å²) in [4.78, 5) is 13.2. The highest BCUT2D eigenvalue weighted by Gasteiger charge is 2.10. The molecule has 0 aliphatic carbocycles. The third-order valence-corrected chi connectivity index (χ3v) is 3.10. The van der Waals surface area contributed by atoms with Crippen LogP contribution >= 0.6 is 0 Å². The first kappa shape index (κ1) is 13.3. The van der Waals surface area contributed by atoms with E-state index in [1.165, 1.54) is 0 Å². The van der Waals surface area contributed by atoms with Gasteiger partial charge in [-0.05, 0) is 12.1 Å². The van der Waals surface area contributed by atoms with Crippen molar-refractivity contribution in [3.63, 3.8) is 0 Å². The van der Waals surface area contributed by atoms with E-state index in [1.807, 2.05) is 41.1 Å². The van der Waals surface area contributed by atoms with Crippen molar-refractivity contribution in [3.8, 4) is 5.82 Å². The Hall–Kier alpha value is -2.69. The topological polar surface area (TPSA) is 55.6 Å². The van der Waals surface area contributed by atoms with Gasteiger partial charge in [-0.25, -0.2) is 9.97 Å². The molecular weight excluding hydrogens is 262 g/mol. The van der Waals surface area contributed by atoms with Crippen LogP contribution in [0.5, 0.6) is 0 Å². The largest absolute Gasteiger partial charge is 0.339 e. The summed E-state index contributed by atoms with van der Waals surface area (Å²) in [7, 11) is 0. The summed E-state index contributed by atoms with van der Waals surface area (Å²) >= 11 is 0. The molecule has 0 amide bonds. The molecule has 21 heavy (non-hydrogen) atoms. The Morgan fingerprint density at radius 3 is 2.67 bits per heavy atom. The second kappa shape index (κ2) is 5.75. The molecule has 2 heterocycles. The predicted molar refractivity (Wildman–Crippen MR) is 83.0 cm³/mol. The van der Waals surface area contributed by atoms with Gasteiger partial charge in [0.2, 0.25) is 0 Å². The van der Waals surface area contributed by atoms with Gasteiger partial charge in [0.25, 0.3) is 0 Å². The van der Waals surface area contributed by atoms with Crippen LogP contribution in [0.2, 0.25) is 0 Å². The Labute approximate surface area is 123 Å². The standard InChI is InChI=1S/C16H17N5/c1-12(2)16-18-8-9-21(16)15-11-17-10-14(20-15)19-13-6-4-3-5-7-13/h3-12H,1-2H3,(H,19,20). The lowest BCUT2D eigenvalue weighted by Gasteiger charge is -2.11. The molecule has 2 aromatic heterocycles. The summed E-state index contributed by atoms with van der Waals surface area (Å²) in [6, 6.07) is 9.92. The van der Waals surface area contributed by atoms with Gasteiger partial charge in [-0.3, -0.25) is 9.55 Å². The van der Waals surface area contributed by atoms with Gasteiger partial charge in [-0.2, -0.15) is 0 Å². The van der Waals surface area contributed by atoms with Gasteiger partial charge >= 0.3 is 0 Å². The first-order valence-electron chi connectivity index (χ1n) is 6.92. The van der Waals surface area contributed by atoms with Crippen LogP contribution in [0, 0.1) is 0 Å². The fraction of sp³-hybridized carbons (Fsp3) is 0.188. The van der Waals surface area contributed by atoms with Gasteiger partial charge in [0.05, 0.1) is 12.4 Å². The maximum Gasteiger partial charge on any atom is 0.159 e. The van der Waals surface area contributed by atoms with E-state index in [0.717, 1.165) is 17.3 Å². The van der Waals surface area contributed by atoms with Crippen molar-refractivity contribution >= 4 is 11.5 Å². The minimum atomic E-state index is 0.326. The highest BCUT2D eigenvalue weighted by atomic mass is 15.2. The molecule has 0 radical (unpaired) electrons. The van der Waals surface area contributed by atoms with Crippen LogP contribution in [0.1, 0.15) is 25.6 Å². The second-order valence-corrected chi connectivity index (χ2v) is 5.06. The Morgan fingerprint density at radius 2 is 1.90 bits per heavy atom. The quantitative estimate of drug-likeness (QED) is 0.793. The van der Waals surface area contributed by atoms with Crippen LogP contribution in [0.3, 0.4) is 0 Å². The van der Waals surface area contributed by atoms with Crippen LogP contribution in [0.15, 0.2) is 55.1 Å². The minimum absolute atomic E-state index is 0.326. The molecule has 0 saturated heterocycles. The molecule has 1 N–H and O–H groups in total. The molecule has 106 valence electrons. The number of hydrogen-bond donors (Lipinski definition) is 1. The van der Waals surface area contributed by atoms with Crippen LogP contribution in [0.25, 0.3) is 5.82 Å². The lowest BCUT2D eigenvalue weighted by molar-refractivity contribution is 0.742. The molecule has 3 rings (SSSR count). The summed E-state index contributed by atoms with van der Waals surface area (Å²) in [5.74, 6) is 2.77. The van der Waals surface area contributed by atoms with Gasteiger partial charge in [0, 0.05) is 24.0 Å². The number of nitrogens with one attached hydrogen (secondary N) is 1. The van der Waals surface area contributed by atoms with E-state index in [0.29, 0.717) is 11.7 Å². The monoisotopic (exact) mass is 279 g/mol. The number of nitrogens with zero attached hydrogens (tertiary/aromatic N) is 4. The molecule has 0 aliphatic rings. The lowest BCUT2D eigenvalue weighted by Crippen LogP contribution is -2.06. The first-order valence-corrected chi connectivity index (χ1v) is 6.92. The lowest BCUT2D eigenvalue weighted by atomic mass is 10.2. The molecular formula is C16H17N5. The summed E-state index contributed by atoms with van der Waals surface area (Å²) in [5.41, 5.74) is 0.985. The van der Waals surface area contributed by atoms with E-state index >= 15 is 0 Å². The van der Waals surface area contributed by atoms with Crippen LogP contribution in [0.4, 0.5) is 11.5 Å². The van der Waals surface area contributed by atoms with Gasteiger partial charge in [0.1, 0.15) is 5.82 Å². The summed E-state index contributed by atoms with van der Waals surface area (Å²) in [6.07, 6.45) is 7.15. The van der Waals surface area contributed by atoms with Gasteiger partial charge < -0.3 is 5.32 Å². The molecule has 0 unspecified atom stereocenters. The molecule has 0 spiro atoms. The zero-order valence-corrected chi connectivity index (χ0v) is 12.1. The summed E-state index contributed by atoms with van der Waals surface area (Å²) in [5, 5.41) is 3.25. The van der Waals surface area contributed by atoms with E-state index in [1.54, 1.807) is 18.6 Å². The van der Waals surface area contributed by atoms with E-state index < -0.39 is 0 Å². The van der Waals surface area contributed by atoms with E-state index in [-0.39, 0.29) is 0 Å². The van der Waals surface area contributed by atoms with Crippen molar-refractivity contribution in [2.75, 3.05) is 5.32 Å². The molecule has 3 aromatic rings. The van der Waals surface area contributed by atoms with E-state index in [4.69, 9.17) is 0 Å². The SMILES string of the molecule is CC(C)c1nccn1-c1cncc(Nc2ccccc2)n1. The van der Waals surface area contributed by atoms with Crippen LogP contribution in [-0.4, -0.2) is 19.5 Å². The maximum absolute atomic E-state index is 4.60. The molecule has 0 atom stereocenters. The Kier molecular flexibility index (Phi) is 3.64. The molecule has 5 nitrogen and oxygen atoms in total. The van der Waals surface area contributed by atoms with Gasteiger partial charge in [-0.15, -0.1) is 0 Å². The minimum Gasteiger partial charge on any atom is -0.339 e. The molecule has 0 fully saturated rings. The highest BCUT2D eigenvalue weighted by molar-refractivity contribution is 5.55. The van der Waals surface area contributed by atoms with Crippen molar-refractivity contribution < 1.29 is 0 Å². The summed E-state index contributed by atoms with van der Waals surface area (Å²) in [6.45, 7) is 4.22. The van der Waals surface area contributed by atoms with Gasteiger partial charge in [-0.1, -0.05) is 32.0 Å². The van der Waals surface area contributed by atoms with Crippen molar-refractivity contribution in [1.29, 1.82) is 0 Å². The van der Waals surface area contributed by atoms with Crippen LogP contribution < -0.4 is 5.32 Å². The van der Waals surface area contributed by atoms with Gasteiger partial charge in [0.15, 0.2) is 11.6 Å². The molecule has 5 heteroatoms. The van der Waals surface area contributed by atoms with Crippen LogP contribution in [-0.2, 0) is 0 Å². The van der Waals surface area contributed by atoms with Crippen molar-refractivity contribution in [2.24, 2.45) is 0 Å². The molecule has 0 saturated carbocycles. The normalized spacial score (nSPS) is 10.8. The second-order valence-electron chi connectivity index (χ2n) is 5.06.